The minimum Gasteiger partial charge on any atom is -0.756 e. The van der Waals surface area contributed by atoms with E-state index in [1.165, 1.54) is 270 Å². The summed E-state index contributed by atoms with van der Waals surface area (Å²) in [5, 5.41) is 0. The van der Waals surface area contributed by atoms with E-state index in [9.17, 15) is 18.9 Å². The monoisotopic (exact) mass is 1780 g/mol. The molecule has 0 heterocycles. The maximum Gasteiger partial charge on any atom is 0.268 e. The molecule has 0 bridgehead atoms. The molecule has 7 fully saturated rings. The van der Waals surface area contributed by atoms with E-state index in [0.29, 0.717) is 72.5 Å². The van der Waals surface area contributed by atoms with Crippen LogP contribution in [0.4, 0.5) is 0 Å². The topological polar surface area (TPSA) is 173 Å². The molecule has 0 aromatic carbocycles. The Balaban J connectivity index is 0.545. The summed E-state index contributed by atoms with van der Waals surface area (Å²) >= 11 is 0. The fourth-order valence-electron chi connectivity index (χ4n) is 26.8. The first kappa shape index (κ1) is 107. The molecule has 16 nitrogen and oxygen atoms in total. The van der Waals surface area contributed by atoms with E-state index in [2.05, 4.69) is 81.4 Å². The first-order valence-electron chi connectivity index (χ1n) is 53.0. The molecule has 2 unspecified atom stereocenters. The van der Waals surface area contributed by atoms with Crippen LogP contribution in [0.25, 0.3) is 0 Å². The second-order valence-electron chi connectivity index (χ2n) is 46.6. The van der Waals surface area contributed by atoms with Gasteiger partial charge in [0.15, 0.2) is 0 Å². The average Bonchev–Trinajstić information content (AvgIpc) is 1.35. The molecule has 0 aromatic heterocycles. The van der Waals surface area contributed by atoms with E-state index >= 15 is 0 Å². The Morgan fingerprint density at radius 2 is 0.750 bits per heavy atom. The fraction of sp³-hybridized carbons (Fsp3) is 0.962. The zero-order chi connectivity index (χ0) is 89.3. The van der Waals surface area contributed by atoms with Crippen LogP contribution in [0, 0.1) is 105 Å². The Labute approximate surface area is 762 Å². The van der Waals surface area contributed by atoms with Crippen molar-refractivity contribution in [3.8, 4) is 0 Å². The molecule has 724 valence electrons. The van der Waals surface area contributed by atoms with Gasteiger partial charge in [0.05, 0.1) is 107 Å². The second kappa shape index (κ2) is 53.6. The van der Waals surface area contributed by atoms with Gasteiger partial charge in [0, 0.05) is 13.2 Å². The number of hydrogen-bond donors (Lipinski definition) is 0. The molecular weight excluding hydrogens is 1590 g/mol. The Kier molecular flexibility index (Phi) is 46.3. The fourth-order valence-corrected chi connectivity index (χ4v) is 28.3. The summed E-state index contributed by atoms with van der Waals surface area (Å²) < 4.78 is 86.3. The number of allylic oxidation sites excluding steroid dienone is 2. The van der Waals surface area contributed by atoms with Crippen LogP contribution in [0.15, 0.2) is 23.3 Å². The smallest absolute Gasteiger partial charge is 0.268 e. The van der Waals surface area contributed by atoms with Gasteiger partial charge in [-0.3, -0.25) is 9.13 Å². The predicted octanol–water partition coefficient (Wildman–Crippen LogP) is 26.2. The Morgan fingerprint density at radius 3 is 1.11 bits per heavy atom. The van der Waals surface area contributed by atoms with Crippen molar-refractivity contribution >= 4 is 15.6 Å². The number of nitrogens with zero attached hydrogens (tertiary/aromatic N) is 2. The molecule has 9 aliphatic carbocycles. The lowest BCUT2D eigenvalue weighted by molar-refractivity contribution is -0.870. The van der Waals surface area contributed by atoms with Crippen LogP contribution in [-0.2, 0) is 55.6 Å². The molecule has 124 heavy (non-hydrogen) atoms. The van der Waals surface area contributed by atoms with E-state index in [0.717, 1.165) is 134 Å². The lowest BCUT2D eigenvalue weighted by atomic mass is 9.47. The van der Waals surface area contributed by atoms with Crippen molar-refractivity contribution in [3.63, 3.8) is 0 Å². The van der Waals surface area contributed by atoms with Crippen molar-refractivity contribution in [1.82, 2.24) is 0 Å². The average molecular weight is 1780 g/mol. The number of ether oxygens (including phenoxy) is 6. The molecular formula is C106H196N2O14P2. The highest BCUT2D eigenvalue weighted by Gasteiger charge is 2.61. The number of phosphoric acid groups is 2. The van der Waals surface area contributed by atoms with Crippen LogP contribution in [0.1, 0.15) is 390 Å². The van der Waals surface area contributed by atoms with Crippen LogP contribution in [0.2, 0.25) is 0 Å². The summed E-state index contributed by atoms with van der Waals surface area (Å²) in [6.07, 6.45) is 70.4. The third kappa shape index (κ3) is 35.3. The number of hydrogen-bond acceptors (Lipinski definition) is 14. The van der Waals surface area contributed by atoms with Crippen LogP contribution >= 0.6 is 15.6 Å². The normalized spacial score (nSPS) is 31.5. The molecule has 9 rings (SSSR count). The van der Waals surface area contributed by atoms with Gasteiger partial charge >= 0.3 is 0 Å². The first-order valence-corrected chi connectivity index (χ1v) is 55.9. The van der Waals surface area contributed by atoms with Crippen LogP contribution in [0.3, 0.4) is 0 Å². The number of fused-ring (bicyclic) bond motifs is 10. The summed E-state index contributed by atoms with van der Waals surface area (Å²) in [7, 11) is 3.05. The minimum absolute atomic E-state index is 0.0687. The molecule has 0 aliphatic heterocycles. The quantitative estimate of drug-likeness (QED) is 0.0244. The molecule has 0 radical (unpaired) electrons. The highest BCUT2D eigenvalue weighted by atomic mass is 31.2. The molecule has 0 spiro atoms. The summed E-state index contributed by atoms with van der Waals surface area (Å²) in [5.74, 6) is 11.9. The van der Waals surface area contributed by atoms with Gasteiger partial charge in [0.1, 0.15) is 38.5 Å². The zero-order valence-corrected chi connectivity index (χ0v) is 85.1. The van der Waals surface area contributed by atoms with E-state index in [1.54, 1.807) is 11.1 Å². The third-order valence-corrected chi connectivity index (χ3v) is 36.2. The van der Waals surface area contributed by atoms with Crippen LogP contribution in [0.5, 0.6) is 0 Å². The van der Waals surface area contributed by atoms with E-state index in [4.69, 9.17) is 46.5 Å². The lowest BCUT2D eigenvalue weighted by Gasteiger charge is -2.58. The molecule has 22 atom stereocenters. The van der Waals surface area contributed by atoms with Crippen LogP contribution < -0.4 is 9.79 Å². The Bertz CT molecular complexity index is 2900. The molecule has 0 amide bonds. The highest BCUT2D eigenvalue weighted by Crippen LogP contribution is 2.70. The molecule has 0 N–H and O–H groups in total. The SMILES string of the molecule is CC(C)CCC[C@@H](C)[C@H]1CC[C@H]2[C@@H]3CC=C4C[C@@H](OCCO[C@H](COCCCCCCCCCCCCC[C@@H]5CCC[C@H](CCCCCCCCCCCCCOC[C@H](COP(=O)([O-])OCC[N+](C)(C)C)OCCO[C@H]6CC[C@@]7(C)C(=CC[C@H]8[C@@H]9CC[C@H]([C@H](C)CCCC(C)C)[C@@]9(C)CC[C@@H]87)C6)C5)COP(=O)([O-])OCC[N+](C)(C)C)CC[C@]4(C)[C@H]3CC[C@]12C. The van der Waals surface area contributed by atoms with Crippen LogP contribution in [-0.4, -0.2) is 168 Å². The second-order valence-corrected chi connectivity index (χ2v) is 49.4. The Hall–Kier alpha value is -0.620. The molecule has 0 saturated heterocycles. The van der Waals surface area contributed by atoms with Crippen molar-refractivity contribution < 1.29 is 74.4 Å². The largest absolute Gasteiger partial charge is 0.756 e. The number of rotatable bonds is 66. The molecule has 0 aromatic rings. The highest BCUT2D eigenvalue weighted by molar-refractivity contribution is 7.46. The number of quaternary nitrogens is 2. The van der Waals surface area contributed by atoms with Gasteiger partial charge in [-0.05, 0) is 227 Å². The number of phosphoric ester groups is 2. The molecule has 7 saturated carbocycles. The maximum atomic E-state index is 12.8. The van der Waals surface area contributed by atoms with E-state index < -0.39 is 27.9 Å². The van der Waals surface area contributed by atoms with Gasteiger partial charge in [-0.1, -0.05) is 292 Å². The first-order chi connectivity index (χ1) is 59.2. The summed E-state index contributed by atoms with van der Waals surface area (Å²) in [5.41, 5.74) is 4.86. The zero-order valence-electron chi connectivity index (χ0n) is 83.3. The maximum absolute atomic E-state index is 12.8. The summed E-state index contributed by atoms with van der Waals surface area (Å²) in [4.78, 5) is 25.7. The number of unbranched alkanes of at least 4 members (excludes halogenated alkanes) is 20. The van der Waals surface area contributed by atoms with Gasteiger partial charge < -0.3 is 65.3 Å². The van der Waals surface area contributed by atoms with E-state index in [-0.39, 0.29) is 62.7 Å². The predicted molar refractivity (Wildman–Crippen MR) is 508 cm³/mol. The van der Waals surface area contributed by atoms with Gasteiger partial charge in [-0.2, -0.15) is 0 Å². The summed E-state index contributed by atoms with van der Waals surface area (Å²) in [6, 6.07) is 0. The Morgan fingerprint density at radius 1 is 0.387 bits per heavy atom. The lowest BCUT2D eigenvalue weighted by Crippen LogP contribution is -2.51. The van der Waals surface area contributed by atoms with Crippen molar-refractivity contribution in [2.75, 3.05) is 135 Å². The van der Waals surface area contributed by atoms with Crippen molar-refractivity contribution in [2.45, 2.75) is 415 Å². The van der Waals surface area contributed by atoms with Crippen molar-refractivity contribution in [2.24, 2.45) is 105 Å². The van der Waals surface area contributed by atoms with Crippen molar-refractivity contribution in [3.05, 3.63) is 23.3 Å². The van der Waals surface area contributed by atoms with Gasteiger partial charge in [-0.15, -0.1) is 0 Å². The number of likely N-dealkylation sites (N-methyl/N-ethyl adjacent to an activating group) is 2. The van der Waals surface area contributed by atoms with Gasteiger partial charge in [0.25, 0.3) is 15.6 Å². The van der Waals surface area contributed by atoms with Crippen molar-refractivity contribution in [1.29, 1.82) is 0 Å². The van der Waals surface area contributed by atoms with Gasteiger partial charge in [0.2, 0.25) is 0 Å². The molecule has 9 aliphatic rings. The minimum atomic E-state index is -4.50. The van der Waals surface area contributed by atoms with Gasteiger partial charge in [-0.25, -0.2) is 0 Å². The summed E-state index contributed by atoms with van der Waals surface area (Å²) in [6.45, 7) is 29.7. The van der Waals surface area contributed by atoms with E-state index in [1.807, 2.05) is 42.3 Å². The third-order valence-electron chi connectivity index (χ3n) is 34.3. The molecule has 18 heteroatoms. The standard InChI is InChI=1S/C106H196N2O14P2/c1-83(2)42-39-44-85(5)97-54-56-99-95-52-50-89-77-91(58-62-103(89,7)101(95)60-64-105(97,99)9)115-72-74-117-93(81-121-123(109,110)119-70-66-107(11,12)13)79-113-68-37-33-29-25-21-17-19-23-27-31-35-46-87-48-41-49-88(76-87)47-36-32-28-24-20-18-22-26-30-34-38-69-114-80-94(82-122-124(111,112)120-71-67-108(14,15)16)118-75-73-116-92-59-63-104(8)90(78-92)51-53-96-100-57-55-98(86(6)45-40-43-84(3)4)106(100,10)65-61-102(96)104/h50-51,83-88,91-102H,17-49,52-82H2,1-16H3/t85-,86-,87-,88+,91+,92+,93-,94-,95+,96+,97-,98-,99+,100+,101+,102+,103+,104+,105-,106-/m1/s1.